The Hall–Kier alpha value is -1.24. The van der Waals surface area contributed by atoms with Crippen molar-refractivity contribution in [1.29, 1.82) is 0 Å². The first kappa shape index (κ1) is 13.7. The molecule has 6 heteroatoms. The molecule has 1 saturated heterocycles. The zero-order valence-corrected chi connectivity index (χ0v) is 12.7. The monoisotopic (exact) mass is 292 g/mol. The first-order valence-electron chi connectivity index (χ1n) is 6.96. The molecule has 5 nitrogen and oxygen atoms in total. The van der Waals surface area contributed by atoms with E-state index in [-0.39, 0.29) is 5.54 Å². The minimum Gasteiger partial charge on any atom is -0.339 e. The second-order valence-electron chi connectivity index (χ2n) is 5.62. The molecule has 0 saturated carbocycles. The maximum atomic E-state index is 5.42. The summed E-state index contributed by atoms with van der Waals surface area (Å²) < 4.78 is 5.42. The fourth-order valence-corrected chi connectivity index (χ4v) is 3.18. The van der Waals surface area contributed by atoms with Crippen LogP contribution in [0.3, 0.4) is 0 Å². The zero-order chi connectivity index (χ0) is 14.0. The molecule has 0 atom stereocenters. The third kappa shape index (κ3) is 2.77. The molecule has 0 amide bonds. The predicted molar refractivity (Wildman–Crippen MR) is 78.9 cm³/mol. The summed E-state index contributed by atoms with van der Waals surface area (Å²) in [5, 5.41) is 11.8. The number of hydrogen-bond donors (Lipinski definition) is 1. The summed E-state index contributed by atoms with van der Waals surface area (Å²) in [7, 11) is 0. The van der Waals surface area contributed by atoms with Crippen LogP contribution in [0.2, 0.25) is 0 Å². The maximum absolute atomic E-state index is 5.42. The van der Waals surface area contributed by atoms with E-state index in [4.69, 9.17) is 4.52 Å². The van der Waals surface area contributed by atoms with Gasteiger partial charge in [0.2, 0.25) is 5.89 Å². The number of thiophene rings is 1. The lowest BCUT2D eigenvalue weighted by atomic mass is 10.0. The Bertz CT molecular complexity index is 543. The Morgan fingerprint density at radius 1 is 1.40 bits per heavy atom. The minimum atomic E-state index is -0.182. The van der Waals surface area contributed by atoms with Crippen molar-refractivity contribution < 1.29 is 4.52 Å². The Kier molecular flexibility index (Phi) is 3.87. The van der Waals surface area contributed by atoms with Gasteiger partial charge in [0.1, 0.15) is 0 Å². The van der Waals surface area contributed by atoms with Crippen LogP contribution in [0.5, 0.6) is 0 Å². The van der Waals surface area contributed by atoms with Crippen molar-refractivity contribution in [3.05, 3.63) is 34.1 Å². The highest BCUT2D eigenvalue weighted by molar-refractivity contribution is 7.07. The van der Waals surface area contributed by atoms with Crippen molar-refractivity contribution in [2.45, 2.75) is 25.8 Å². The molecule has 2 aromatic rings. The molecule has 3 rings (SSSR count). The second-order valence-corrected chi connectivity index (χ2v) is 6.40. The smallest absolute Gasteiger partial charge is 0.231 e. The van der Waals surface area contributed by atoms with E-state index in [2.05, 4.69) is 51.0 Å². The van der Waals surface area contributed by atoms with Gasteiger partial charge in [-0.2, -0.15) is 16.3 Å². The van der Waals surface area contributed by atoms with E-state index in [1.807, 2.05) is 0 Å². The van der Waals surface area contributed by atoms with Gasteiger partial charge in [0, 0.05) is 26.2 Å². The lowest BCUT2D eigenvalue weighted by Gasteiger charge is -2.38. The van der Waals surface area contributed by atoms with Crippen LogP contribution in [0.25, 0.3) is 0 Å². The topological polar surface area (TPSA) is 54.2 Å². The molecule has 0 bridgehead atoms. The van der Waals surface area contributed by atoms with Gasteiger partial charge in [0.25, 0.3) is 0 Å². The Balaban J connectivity index is 1.74. The number of nitrogens with one attached hydrogen (secondary N) is 1. The molecular formula is C14H20N4OS. The van der Waals surface area contributed by atoms with Crippen LogP contribution in [-0.4, -0.2) is 41.2 Å². The van der Waals surface area contributed by atoms with Crippen LogP contribution >= 0.6 is 11.3 Å². The summed E-state index contributed by atoms with van der Waals surface area (Å²) >= 11 is 1.69. The summed E-state index contributed by atoms with van der Waals surface area (Å²) in [6.45, 7) is 8.39. The Morgan fingerprint density at radius 3 is 2.90 bits per heavy atom. The first-order chi connectivity index (χ1) is 9.66. The normalized spacial score (nSPS) is 17.5. The van der Waals surface area contributed by atoms with Crippen LogP contribution in [0.1, 0.15) is 31.1 Å². The van der Waals surface area contributed by atoms with E-state index in [9.17, 15) is 0 Å². The van der Waals surface area contributed by atoms with E-state index in [0.29, 0.717) is 12.3 Å². The number of piperazine rings is 1. The summed E-state index contributed by atoms with van der Waals surface area (Å²) in [5.41, 5.74) is 1.04. The summed E-state index contributed by atoms with van der Waals surface area (Å²) in [6.07, 6.45) is 0.716. The molecule has 1 aliphatic heterocycles. The van der Waals surface area contributed by atoms with E-state index < -0.39 is 0 Å². The van der Waals surface area contributed by atoms with Gasteiger partial charge in [-0.15, -0.1) is 0 Å². The van der Waals surface area contributed by atoms with Gasteiger partial charge < -0.3 is 9.84 Å². The number of rotatable bonds is 4. The van der Waals surface area contributed by atoms with Crippen molar-refractivity contribution in [2.75, 3.05) is 26.2 Å². The molecule has 2 aromatic heterocycles. The largest absolute Gasteiger partial charge is 0.339 e. The maximum Gasteiger partial charge on any atom is 0.231 e. The molecule has 0 unspecified atom stereocenters. The lowest BCUT2D eigenvalue weighted by Crippen LogP contribution is -2.52. The van der Waals surface area contributed by atoms with Gasteiger partial charge >= 0.3 is 0 Å². The lowest BCUT2D eigenvalue weighted by molar-refractivity contribution is 0.0924. The highest BCUT2D eigenvalue weighted by Gasteiger charge is 2.34. The molecule has 1 aliphatic rings. The van der Waals surface area contributed by atoms with Crippen molar-refractivity contribution in [3.63, 3.8) is 0 Å². The van der Waals surface area contributed by atoms with Gasteiger partial charge in [-0.25, -0.2) is 0 Å². The Morgan fingerprint density at radius 2 is 2.20 bits per heavy atom. The second kappa shape index (κ2) is 5.63. The average Bonchev–Trinajstić information content (AvgIpc) is 3.12. The standard InChI is InChI=1S/C14H20N4OS/c1-14(2,18-6-4-15-5-7-18)13-16-12(19-17-13)9-11-3-8-20-10-11/h3,8,10,15H,4-7,9H2,1-2H3. The quantitative estimate of drug-likeness (QED) is 0.932. The van der Waals surface area contributed by atoms with Crippen molar-refractivity contribution in [1.82, 2.24) is 20.4 Å². The molecule has 0 spiro atoms. The number of aromatic nitrogens is 2. The van der Waals surface area contributed by atoms with E-state index in [0.717, 1.165) is 32.0 Å². The van der Waals surface area contributed by atoms with Crippen LogP contribution in [0, 0.1) is 0 Å². The van der Waals surface area contributed by atoms with Crippen molar-refractivity contribution in [2.24, 2.45) is 0 Å². The molecule has 108 valence electrons. The highest BCUT2D eigenvalue weighted by Crippen LogP contribution is 2.26. The van der Waals surface area contributed by atoms with Gasteiger partial charge in [0.15, 0.2) is 5.82 Å². The van der Waals surface area contributed by atoms with Crippen molar-refractivity contribution in [3.8, 4) is 0 Å². The third-order valence-electron chi connectivity index (χ3n) is 3.86. The van der Waals surface area contributed by atoms with Gasteiger partial charge in [-0.1, -0.05) is 5.16 Å². The molecule has 0 radical (unpaired) electrons. The van der Waals surface area contributed by atoms with Gasteiger partial charge in [-0.3, -0.25) is 4.90 Å². The Labute approximate surface area is 123 Å². The molecule has 0 aromatic carbocycles. The van der Waals surface area contributed by atoms with E-state index in [1.54, 1.807) is 11.3 Å². The van der Waals surface area contributed by atoms with Crippen LogP contribution in [-0.2, 0) is 12.0 Å². The molecular weight excluding hydrogens is 272 g/mol. The van der Waals surface area contributed by atoms with Crippen molar-refractivity contribution >= 4 is 11.3 Å². The average molecular weight is 292 g/mol. The van der Waals surface area contributed by atoms with Gasteiger partial charge in [-0.05, 0) is 36.2 Å². The van der Waals surface area contributed by atoms with Crippen LogP contribution in [0.4, 0.5) is 0 Å². The summed E-state index contributed by atoms with van der Waals surface area (Å²) in [6, 6.07) is 2.09. The fraction of sp³-hybridized carbons (Fsp3) is 0.571. The number of hydrogen-bond acceptors (Lipinski definition) is 6. The highest BCUT2D eigenvalue weighted by atomic mass is 32.1. The van der Waals surface area contributed by atoms with Crippen LogP contribution < -0.4 is 5.32 Å². The molecule has 3 heterocycles. The molecule has 1 fully saturated rings. The van der Waals surface area contributed by atoms with E-state index in [1.165, 1.54) is 5.56 Å². The first-order valence-corrected chi connectivity index (χ1v) is 7.90. The van der Waals surface area contributed by atoms with Crippen LogP contribution in [0.15, 0.2) is 21.3 Å². The number of nitrogens with zero attached hydrogens (tertiary/aromatic N) is 3. The summed E-state index contributed by atoms with van der Waals surface area (Å²) in [5.74, 6) is 1.48. The molecule has 1 N–H and O–H groups in total. The van der Waals surface area contributed by atoms with E-state index >= 15 is 0 Å². The van der Waals surface area contributed by atoms with Gasteiger partial charge in [0.05, 0.1) is 12.0 Å². The predicted octanol–water partition coefficient (Wildman–Crippen LogP) is 1.86. The molecule has 20 heavy (non-hydrogen) atoms. The fourth-order valence-electron chi connectivity index (χ4n) is 2.51. The molecule has 0 aliphatic carbocycles. The minimum absolute atomic E-state index is 0.182. The SMILES string of the molecule is CC(C)(c1noc(Cc2ccsc2)n1)N1CCNCC1. The summed E-state index contributed by atoms with van der Waals surface area (Å²) in [4.78, 5) is 7.00. The zero-order valence-electron chi connectivity index (χ0n) is 11.9. The third-order valence-corrected chi connectivity index (χ3v) is 4.59.